The Morgan fingerprint density at radius 2 is 2.05 bits per heavy atom. The maximum absolute atomic E-state index is 12.4. The van der Waals surface area contributed by atoms with Crippen molar-refractivity contribution in [1.82, 2.24) is 5.32 Å². The summed E-state index contributed by atoms with van der Waals surface area (Å²) >= 11 is 0. The van der Waals surface area contributed by atoms with E-state index in [2.05, 4.69) is 23.9 Å². The number of carbonyl (C=O) groups excluding carboxylic acids is 1. The predicted molar refractivity (Wildman–Crippen MR) is 74.7 cm³/mol. The summed E-state index contributed by atoms with van der Waals surface area (Å²) in [6.45, 7) is 4.20. The average molecular weight is 291 g/mol. The van der Waals surface area contributed by atoms with Gasteiger partial charge in [-0.3, -0.25) is 4.79 Å². The molecule has 0 aromatic carbocycles. The van der Waals surface area contributed by atoms with Crippen LogP contribution in [-0.2, 0) is 19.4 Å². The molecule has 1 N–H and O–H groups in total. The third-order valence-corrected chi connectivity index (χ3v) is 6.18. The van der Waals surface area contributed by atoms with Crippen LogP contribution in [0.5, 0.6) is 0 Å². The normalized spacial score (nSPS) is 26.9. The topological polar surface area (TPSA) is 72.5 Å². The molecule has 5 nitrogen and oxygen atoms in total. The van der Waals surface area contributed by atoms with E-state index in [1.165, 1.54) is 7.11 Å². The quantitative estimate of drug-likeness (QED) is 0.769. The van der Waals surface area contributed by atoms with Crippen molar-refractivity contribution in [2.45, 2.75) is 50.8 Å². The second kappa shape index (κ2) is 6.22. The van der Waals surface area contributed by atoms with Crippen LogP contribution in [0.1, 0.15) is 39.5 Å². The van der Waals surface area contributed by atoms with Crippen LogP contribution in [-0.4, -0.2) is 45.6 Å². The summed E-state index contributed by atoms with van der Waals surface area (Å²) in [6.07, 6.45) is 2.45. The molecule has 1 aliphatic rings. The highest BCUT2D eigenvalue weighted by Gasteiger charge is 2.41. The lowest BCUT2D eigenvalue weighted by molar-refractivity contribution is -0.140. The Bertz CT molecular complexity index is 416. The summed E-state index contributed by atoms with van der Waals surface area (Å²) in [7, 11) is -0.214. The first-order valence-corrected chi connectivity index (χ1v) is 8.39. The van der Waals surface area contributed by atoms with Crippen LogP contribution in [0.2, 0.25) is 0 Å². The molecule has 0 aromatic heterocycles. The number of ether oxygens (including phenoxy) is 1. The summed E-state index contributed by atoms with van der Waals surface area (Å²) in [5, 5.41) is 2.69. The molecule has 2 atom stereocenters. The van der Waals surface area contributed by atoms with Crippen LogP contribution in [0.25, 0.3) is 0 Å². The second-order valence-corrected chi connectivity index (χ2v) is 8.37. The van der Waals surface area contributed by atoms with Gasteiger partial charge >= 0.3 is 5.97 Å². The van der Waals surface area contributed by atoms with Crippen molar-refractivity contribution in [3.8, 4) is 0 Å². The van der Waals surface area contributed by atoms with E-state index in [1.54, 1.807) is 7.05 Å². The number of sulfone groups is 1. The zero-order valence-corrected chi connectivity index (χ0v) is 13.0. The Hall–Kier alpha value is -0.620. The van der Waals surface area contributed by atoms with Crippen LogP contribution in [0.3, 0.4) is 0 Å². The number of hydrogen-bond acceptors (Lipinski definition) is 5. The fourth-order valence-electron chi connectivity index (χ4n) is 2.71. The van der Waals surface area contributed by atoms with E-state index in [4.69, 9.17) is 0 Å². The molecule has 0 heterocycles. The molecule has 112 valence electrons. The number of nitrogens with one attached hydrogen (secondary N) is 1. The minimum Gasteiger partial charge on any atom is -0.469 e. The first-order chi connectivity index (χ1) is 8.72. The maximum Gasteiger partial charge on any atom is 0.306 e. The van der Waals surface area contributed by atoms with Gasteiger partial charge in [0.25, 0.3) is 0 Å². The zero-order valence-electron chi connectivity index (χ0n) is 12.2. The second-order valence-electron chi connectivity index (χ2n) is 6.03. The van der Waals surface area contributed by atoms with E-state index >= 15 is 0 Å². The van der Waals surface area contributed by atoms with E-state index in [9.17, 15) is 13.2 Å². The van der Waals surface area contributed by atoms with Gasteiger partial charge in [0.2, 0.25) is 0 Å². The lowest BCUT2D eigenvalue weighted by Gasteiger charge is -2.40. The van der Waals surface area contributed by atoms with Crippen molar-refractivity contribution in [2.24, 2.45) is 5.41 Å². The molecule has 2 unspecified atom stereocenters. The maximum atomic E-state index is 12.4. The van der Waals surface area contributed by atoms with Crippen LogP contribution >= 0.6 is 0 Å². The molecule has 0 amide bonds. The van der Waals surface area contributed by atoms with Crippen molar-refractivity contribution in [3.05, 3.63) is 0 Å². The third-order valence-electron chi connectivity index (χ3n) is 3.99. The highest BCUT2D eigenvalue weighted by molar-refractivity contribution is 7.92. The first-order valence-electron chi connectivity index (χ1n) is 6.67. The molecule has 0 aromatic rings. The predicted octanol–water partition coefficient (Wildman–Crippen LogP) is 1.13. The van der Waals surface area contributed by atoms with Gasteiger partial charge in [-0.15, -0.1) is 0 Å². The molecule has 0 spiro atoms. The molecule has 1 fully saturated rings. The highest BCUT2D eigenvalue weighted by Crippen LogP contribution is 2.38. The van der Waals surface area contributed by atoms with Crippen LogP contribution in [0.15, 0.2) is 0 Å². The van der Waals surface area contributed by atoms with Crippen molar-refractivity contribution in [1.29, 1.82) is 0 Å². The fraction of sp³-hybridized carbons (Fsp3) is 0.923. The number of carbonyl (C=O) groups is 1. The lowest BCUT2D eigenvalue weighted by atomic mass is 9.75. The number of rotatable bonds is 5. The van der Waals surface area contributed by atoms with E-state index < -0.39 is 21.1 Å². The molecule has 1 rings (SSSR count). The SMILES string of the molecule is CNC1CCC(C)(C)CC1S(=O)(=O)CCC(=O)OC. The molecule has 0 saturated heterocycles. The van der Waals surface area contributed by atoms with Crippen molar-refractivity contribution in [3.63, 3.8) is 0 Å². The lowest BCUT2D eigenvalue weighted by Crippen LogP contribution is -2.49. The Morgan fingerprint density at radius 1 is 1.42 bits per heavy atom. The Kier molecular flexibility index (Phi) is 5.38. The largest absolute Gasteiger partial charge is 0.469 e. The van der Waals surface area contributed by atoms with Gasteiger partial charge in [0.1, 0.15) is 0 Å². The van der Waals surface area contributed by atoms with E-state index in [0.29, 0.717) is 6.42 Å². The standard InChI is InChI=1S/C13H25NO4S/c1-13(2)7-5-10(14-3)11(9-13)19(16,17)8-6-12(15)18-4/h10-11,14H,5-9H2,1-4H3. The molecule has 19 heavy (non-hydrogen) atoms. The van der Waals surface area contributed by atoms with Crippen molar-refractivity contribution < 1.29 is 17.9 Å². The highest BCUT2D eigenvalue weighted by atomic mass is 32.2. The monoisotopic (exact) mass is 291 g/mol. The molecular formula is C13H25NO4S. The van der Waals surface area contributed by atoms with Gasteiger partial charge < -0.3 is 10.1 Å². The van der Waals surface area contributed by atoms with E-state index in [0.717, 1.165) is 12.8 Å². The Balaban J connectivity index is 2.80. The number of hydrogen-bond donors (Lipinski definition) is 1. The summed E-state index contributed by atoms with van der Waals surface area (Å²) in [4.78, 5) is 11.1. The van der Waals surface area contributed by atoms with Gasteiger partial charge in [-0.05, 0) is 31.7 Å². The van der Waals surface area contributed by atoms with Crippen LogP contribution < -0.4 is 5.32 Å². The van der Waals surface area contributed by atoms with Gasteiger partial charge in [-0.25, -0.2) is 8.42 Å². The third kappa shape index (κ3) is 4.45. The zero-order chi connectivity index (χ0) is 14.7. The van der Waals surface area contributed by atoms with Crippen molar-refractivity contribution >= 4 is 15.8 Å². The van der Waals surface area contributed by atoms with Gasteiger partial charge in [0.15, 0.2) is 9.84 Å². The number of methoxy groups -OCH3 is 1. The fourth-order valence-corrected chi connectivity index (χ4v) is 4.94. The van der Waals surface area contributed by atoms with Crippen molar-refractivity contribution in [2.75, 3.05) is 19.9 Å². The smallest absolute Gasteiger partial charge is 0.306 e. The summed E-state index contributed by atoms with van der Waals surface area (Å²) < 4.78 is 29.3. The van der Waals surface area contributed by atoms with Gasteiger partial charge in [0.05, 0.1) is 24.5 Å². The van der Waals surface area contributed by atoms with Crippen LogP contribution in [0.4, 0.5) is 0 Å². The molecule has 0 bridgehead atoms. The minimum atomic E-state index is -3.28. The Labute approximate surface area is 116 Å². The average Bonchev–Trinajstić information content (AvgIpc) is 2.35. The summed E-state index contributed by atoms with van der Waals surface area (Å²) in [5.41, 5.74) is 0.0380. The Morgan fingerprint density at radius 3 is 2.58 bits per heavy atom. The van der Waals surface area contributed by atoms with Gasteiger partial charge in [-0.1, -0.05) is 13.8 Å². The molecule has 0 aliphatic heterocycles. The summed E-state index contributed by atoms with van der Waals surface area (Å²) in [6, 6.07) is -0.0179. The minimum absolute atomic E-state index is 0.0179. The molecular weight excluding hydrogens is 266 g/mol. The van der Waals surface area contributed by atoms with Crippen LogP contribution in [0, 0.1) is 5.41 Å². The van der Waals surface area contributed by atoms with E-state index in [-0.39, 0.29) is 23.6 Å². The summed E-state index contributed by atoms with van der Waals surface area (Å²) in [5.74, 6) is -0.599. The molecule has 6 heteroatoms. The van der Waals surface area contributed by atoms with E-state index in [1.807, 2.05) is 0 Å². The van der Waals surface area contributed by atoms with Gasteiger partial charge in [-0.2, -0.15) is 0 Å². The molecule has 1 saturated carbocycles. The number of esters is 1. The first kappa shape index (κ1) is 16.4. The molecule has 0 radical (unpaired) electrons. The molecule has 1 aliphatic carbocycles. The van der Waals surface area contributed by atoms with Gasteiger partial charge in [0, 0.05) is 6.04 Å².